The molecule has 0 bridgehead atoms. The molecule has 0 aromatic carbocycles. The van der Waals surface area contributed by atoms with Gasteiger partial charge in [0, 0.05) is 31.5 Å². The van der Waals surface area contributed by atoms with Crippen LogP contribution < -0.4 is 10.2 Å². The number of hydrogen-bond donors (Lipinski definition) is 1. The number of nitrogens with zero attached hydrogens (tertiary/aromatic N) is 4. The standard InChI is InChI=1S/C15H16F3N5/c16-15(17,18)12-4-8-20-14(22-12)21-11-5-9-23(10-6-11)13-3-1-2-7-19-13/h1-4,7-8,11H,5-6,9-10H2,(H,20,21,22). The van der Waals surface area contributed by atoms with Crippen molar-refractivity contribution in [1.29, 1.82) is 0 Å². The van der Waals surface area contributed by atoms with E-state index in [2.05, 4.69) is 25.2 Å². The first kappa shape index (κ1) is 15.5. The Hall–Kier alpha value is -2.38. The second-order valence-electron chi connectivity index (χ2n) is 5.36. The van der Waals surface area contributed by atoms with Gasteiger partial charge in [-0.2, -0.15) is 13.2 Å². The molecule has 23 heavy (non-hydrogen) atoms. The summed E-state index contributed by atoms with van der Waals surface area (Å²) in [5.41, 5.74) is -0.930. The minimum Gasteiger partial charge on any atom is -0.356 e. The third-order valence-electron chi connectivity index (χ3n) is 3.75. The molecular weight excluding hydrogens is 307 g/mol. The average molecular weight is 323 g/mol. The van der Waals surface area contributed by atoms with Crippen molar-refractivity contribution in [3.63, 3.8) is 0 Å². The zero-order chi connectivity index (χ0) is 16.3. The summed E-state index contributed by atoms with van der Waals surface area (Å²) in [5.74, 6) is 0.942. The highest BCUT2D eigenvalue weighted by Crippen LogP contribution is 2.28. The van der Waals surface area contributed by atoms with Gasteiger partial charge in [-0.3, -0.25) is 0 Å². The van der Waals surface area contributed by atoms with E-state index in [1.54, 1.807) is 6.20 Å². The smallest absolute Gasteiger partial charge is 0.356 e. The van der Waals surface area contributed by atoms with Gasteiger partial charge in [-0.05, 0) is 31.0 Å². The molecule has 0 unspecified atom stereocenters. The first-order valence-corrected chi connectivity index (χ1v) is 7.35. The summed E-state index contributed by atoms with van der Waals surface area (Å²) in [5, 5.41) is 3.00. The Morgan fingerprint density at radius 2 is 1.83 bits per heavy atom. The predicted molar refractivity (Wildman–Crippen MR) is 80.1 cm³/mol. The molecule has 2 aromatic rings. The predicted octanol–water partition coefficient (Wildman–Crippen LogP) is 2.97. The number of pyridine rings is 1. The number of hydrogen-bond acceptors (Lipinski definition) is 5. The molecule has 0 atom stereocenters. The largest absolute Gasteiger partial charge is 0.433 e. The molecule has 1 saturated heterocycles. The number of aromatic nitrogens is 3. The van der Waals surface area contributed by atoms with E-state index >= 15 is 0 Å². The highest BCUT2D eigenvalue weighted by Gasteiger charge is 2.33. The van der Waals surface area contributed by atoms with E-state index < -0.39 is 11.9 Å². The highest BCUT2D eigenvalue weighted by molar-refractivity contribution is 5.39. The molecule has 122 valence electrons. The highest BCUT2D eigenvalue weighted by atomic mass is 19.4. The Balaban J connectivity index is 1.59. The monoisotopic (exact) mass is 323 g/mol. The fraction of sp³-hybridized carbons (Fsp3) is 0.400. The molecule has 0 aliphatic carbocycles. The topological polar surface area (TPSA) is 53.9 Å². The van der Waals surface area contributed by atoms with Crippen molar-refractivity contribution in [3.8, 4) is 0 Å². The molecule has 0 saturated carbocycles. The number of piperidine rings is 1. The molecule has 5 nitrogen and oxygen atoms in total. The number of halogens is 3. The van der Waals surface area contributed by atoms with E-state index in [-0.39, 0.29) is 12.0 Å². The molecule has 1 aliphatic rings. The summed E-state index contributed by atoms with van der Waals surface area (Å²) >= 11 is 0. The lowest BCUT2D eigenvalue weighted by Crippen LogP contribution is -2.39. The Kier molecular flexibility index (Phi) is 4.31. The van der Waals surface area contributed by atoms with Crippen LogP contribution in [0.15, 0.2) is 36.7 Å². The molecule has 0 spiro atoms. The Morgan fingerprint density at radius 1 is 1.04 bits per heavy atom. The zero-order valence-electron chi connectivity index (χ0n) is 12.3. The second kappa shape index (κ2) is 6.39. The van der Waals surface area contributed by atoms with Crippen molar-refractivity contribution < 1.29 is 13.2 Å². The van der Waals surface area contributed by atoms with Crippen molar-refractivity contribution in [2.45, 2.75) is 25.1 Å². The van der Waals surface area contributed by atoms with Gasteiger partial charge in [0.15, 0.2) is 0 Å². The molecule has 0 amide bonds. The third kappa shape index (κ3) is 3.88. The van der Waals surface area contributed by atoms with Crippen LogP contribution in [0.25, 0.3) is 0 Å². The summed E-state index contributed by atoms with van der Waals surface area (Å²) < 4.78 is 38.0. The summed E-state index contributed by atoms with van der Waals surface area (Å²) in [6, 6.07) is 6.67. The Morgan fingerprint density at radius 3 is 2.48 bits per heavy atom. The number of alkyl halides is 3. The minimum absolute atomic E-state index is 0.0242. The lowest BCUT2D eigenvalue weighted by atomic mass is 10.1. The summed E-state index contributed by atoms with van der Waals surface area (Å²) in [7, 11) is 0. The Labute approximate surface area is 131 Å². The quantitative estimate of drug-likeness (QED) is 0.941. The van der Waals surface area contributed by atoms with E-state index in [9.17, 15) is 13.2 Å². The van der Waals surface area contributed by atoms with E-state index in [1.165, 1.54) is 0 Å². The van der Waals surface area contributed by atoms with E-state index in [0.717, 1.165) is 44.0 Å². The summed E-state index contributed by atoms with van der Waals surface area (Å²) in [6.07, 6.45) is -0.00854. The van der Waals surface area contributed by atoms with Crippen molar-refractivity contribution in [3.05, 3.63) is 42.4 Å². The van der Waals surface area contributed by atoms with Gasteiger partial charge in [0.25, 0.3) is 0 Å². The number of rotatable bonds is 3. The zero-order valence-corrected chi connectivity index (χ0v) is 12.3. The SMILES string of the molecule is FC(F)(F)c1ccnc(NC2CCN(c3ccccn3)CC2)n1. The molecule has 8 heteroatoms. The van der Waals surface area contributed by atoms with Crippen molar-refractivity contribution in [2.75, 3.05) is 23.3 Å². The summed E-state index contributed by atoms with van der Waals surface area (Å²) in [4.78, 5) is 13.9. The van der Waals surface area contributed by atoms with E-state index in [4.69, 9.17) is 0 Å². The molecule has 1 aliphatic heterocycles. The van der Waals surface area contributed by atoms with Crippen LogP contribution in [-0.4, -0.2) is 34.1 Å². The third-order valence-corrected chi connectivity index (χ3v) is 3.75. The maximum absolute atomic E-state index is 12.7. The molecule has 1 N–H and O–H groups in total. The lowest BCUT2D eigenvalue weighted by molar-refractivity contribution is -0.141. The normalized spacial score (nSPS) is 16.4. The second-order valence-corrected chi connectivity index (χ2v) is 5.36. The minimum atomic E-state index is -4.46. The fourth-order valence-corrected chi connectivity index (χ4v) is 2.56. The van der Waals surface area contributed by atoms with E-state index in [1.807, 2.05) is 18.2 Å². The van der Waals surface area contributed by atoms with Crippen LogP contribution in [0.3, 0.4) is 0 Å². The van der Waals surface area contributed by atoms with Crippen LogP contribution in [0.5, 0.6) is 0 Å². The number of nitrogens with one attached hydrogen (secondary N) is 1. The first-order chi connectivity index (χ1) is 11.0. The van der Waals surface area contributed by atoms with Crippen LogP contribution in [0.2, 0.25) is 0 Å². The van der Waals surface area contributed by atoms with Gasteiger partial charge in [-0.1, -0.05) is 6.07 Å². The molecular formula is C15H16F3N5. The van der Waals surface area contributed by atoms with Crippen molar-refractivity contribution in [2.24, 2.45) is 0 Å². The van der Waals surface area contributed by atoms with E-state index in [0.29, 0.717) is 0 Å². The Bertz CT molecular complexity index is 639. The fourth-order valence-electron chi connectivity index (χ4n) is 2.56. The van der Waals surface area contributed by atoms with Crippen molar-refractivity contribution >= 4 is 11.8 Å². The van der Waals surface area contributed by atoms with Gasteiger partial charge in [0.2, 0.25) is 5.95 Å². The molecule has 3 rings (SSSR count). The first-order valence-electron chi connectivity index (χ1n) is 7.35. The maximum Gasteiger partial charge on any atom is 0.433 e. The van der Waals surface area contributed by atoms with Gasteiger partial charge in [-0.15, -0.1) is 0 Å². The van der Waals surface area contributed by atoms with Gasteiger partial charge < -0.3 is 10.2 Å². The lowest BCUT2D eigenvalue weighted by Gasteiger charge is -2.33. The molecule has 0 radical (unpaired) electrons. The van der Waals surface area contributed by atoms with Gasteiger partial charge in [-0.25, -0.2) is 15.0 Å². The summed E-state index contributed by atoms with van der Waals surface area (Å²) in [6.45, 7) is 1.57. The van der Waals surface area contributed by atoms with Gasteiger partial charge in [0.05, 0.1) is 0 Å². The van der Waals surface area contributed by atoms with Gasteiger partial charge >= 0.3 is 6.18 Å². The van der Waals surface area contributed by atoms with Crippen LogP contribution in [0.4, 0.5) is 24.9 Å². The molecule has 2 aromatic heterocycles. The van der Waals surface area contributed by atoms with Crippen LogP contribution in [-0.2, 0) is 6.18 Å². The number of anilines is 2. The average Bonchev–Trinajstić information content (AvgIpc) is 2.56. The molecule has 1 fully saturated rings. The van der Waals surface area contributed by atoms with Crippen LogP contribution in [0.1, 0.15) is 18.5 Å². The van der Waals surface area contributed by atoms with Gasteiger partial charge in [0.1, 0.15) is 11.5 Å². The van der Waals surface area contributed by atoms with Crippen molar-refractivity contribution in [1.82, 2.24) is 15.0 Å². The maximum atomic E-state index is 12.7. The van der Waals surface area contributed by atoms with Crippen LogP contribution in [0, 0.1) is 0 Å². The van der Waals surface area contributed by atoms with Crippen LogP contribution >= 0.6 is 0 Å². The molecule has 3 heterocycles.